The molecule has 2 N–H and O–H groups in total. The molecule has 0 unspecified atom stereocenters. The second-order valence-corrected chi connectivity index (χ2v) is 7.00. The minimum Gasteiger partial charge on any atom is -0.356 e. The Balaban J connectivity index is 2.27. The van der Waals surface area contributed by atoms with Crippen molar-refractivity contribution in [3.05, 3.63) is 35.9 Å². The fourth-order valence-electron chi connectivity index (χ4n) is 2.66. The molecule has 0 saturated heterocycles. The summed E-state index contributed by atoms with van der Waals surface area (Å²) in [6.45, 7) is 10.4. The number of nitrogens with one attached hydrogen (secondary N) is 2. The van der Waals surface area contributed by atoms with Crippen molar-refractivity contribution in [1.29, 1.82) is 0 Å². The van der Waals surface area contributed by atoms with Crippen molar-refractivity contribution in [2.45, 2.75) is 59.4 Å². The Morgan fingerprint density at radius 2 is 1.61 bits per heavy atom. The van der Waals surface area contributed by atoms with Gasteiger partial charge in [0.1, 0.15) is 0 Å². The maximum absolute atomic E-state index is 12.4. The highest BCUT2D eigenvalue weighted by Crippen LogP contribution is 2.17. The summed E-state index contributed by atoms with van der Waals surface area (Å²) >= 11 is 0. The van der Waals surface area contributed by atoms with Crippen molar-refractivity contribution in [3.8, 4) is 0 Å². The van der Waals surface area contributed by atoms with Gasteiger partial charge in [-0.1, -0.05) is 64.4 Å². The Labute approximate surface area is 142 Å². The van der Waals surface area contributed by atoms with Crippen LogP contribution in [-0.4, -0.2) is 25.0 Å². The molecule has 0 aliphatic heterocycles. The number of amides is 1. The maximum atomic E-state index is 12.4. The van der Waals surface area contributed by atoms with Crippen LogP contribution in [0.3, 0.4) is 0 Å². The van der Waals surface area contributed by atoms with E-state index in [1.54, 1.807) is 0 Å². The predicted octanol–water partition coefficient (Wildman–Crippen LogP) is 3.79. The third kappa shape index (κ3) is 8.75. The van der Waals surface area contributed by atoms with Crippen LogP contribution >= 0.6 is 0 Å². The first-order chi connectivity index (χ1) is 11.0. The molecule has 0 radical (unpaired) electrons. The molecule has 0 fully saturated rings. The summed E-state index contributed by atoms with van der Waals surface area (Å²) in [4.78, 5) is 12.4. The lowest BCUT2D eigenvalue weighted by Gasteiger charge is -2.20. The van der Waals surface area contributed by atoms with Crippen molar-refractivity contribution in [2.24, 2.45) is 11.8 Å². The van der Waals surface area contributed by atoms with E-state index < -0.39 is 0 Å². The van der Waals surface area contributed by atoms with Gasteiger partial charge in [-0.2, -0.15) is 0 Å². The Morgan fingerprint density at radius 1 is 0.957 bits per heavy atom. The third-order valence-corrected chi connectivity index (χ3v) is 4.15. The van der Waals surface area contributed by atoms with Crippen LogP contribution in [0.2, 0.25) is 0 Å². The van der Waals surface area contributed by atoms with Gasteiger partial charge in [0.2, 0.25) is 5.91 Å². The van der Waals surface area contributed by atoms with E-state index in [2.05, 4.69) is 50.5 Å². The monoisotopic (exact) mass is 318 g/mol. The fraction of sp³-hybridized carbons (Fsp3) is 0.650. The zero-order valence-corrected chi connectivity index (χ0v) is 15.3. The zero-order chi connectivity index (χ0) is 17.1. The second-order valence-electron chi connectivity index (χ2n) is 7.00. The van der Waals surface area contributed by atoms with Gasteiger partial charge in [0, 0.05) is 18.5 Å². The van der Waals surface area contributed by atoms with Gasteiger partial charge in [-0.05, 0) is 37.3 Å². The number of carbonyl (C=O) groups excluding carboxylic acids is 1. The van der Waals surface area contributed by atoms with Crippen LogP contribution in [0.4, 0.5) is 0 Å². The first kappa shape index (κ1) is 19.7. The summed E-state index contributed by atoms with van der Waals surface area (Å²) in [6.07, 6.45) is 4.21. The van der Waals surface area contributed by atoms with E-state index in [0.717, 1.165) is 32.4 Å². The van der Waals surface area contributed by atoms with E-state index in [1.807, 2.05) is 18.2 Å². The van der Waals surface area contributed by atoms with Crippen molar-refractivity contribution in [1.82, 2.24) is 10.6 Å². The lowest BCUT2D eigenvalue weighted by atomic mass is 9.88. The molecule has 0 aliphatic rings. The SMILES string of the molecule is CC(C)NCCCCCNC(=O)[C@H](Cc1ccccc1)C(C)C. The standard InChI is InChI=1S/C20H34N2O/c1-16(2)19(15-18-11-7-5-8-12-18)20(23)22-14-10-6-9-13-21-17(3)4/h5,7-8,11-12,16-17,19,21H,6,9-10,13-15H2,1-4H3,(H,22,23)/t19-/m1/s1. The van der Waals surface area contributed by atoms with Gasteiger partial charge in [0.05, 0.1) is 0 Å². The van der Waals surface area contributed by atoms with Gasteiger partial charge in [-0.3, -0.25) is 4.79 Å². The zero-order valence-electron chi connectivity index (χ0n) is 15.3. The van der Waals surface area contributed by atoms with Gasteiger partial charge in [0.15, 0.2) is 0 Å². The van der Waals surface area contributed by atoms with Crippen molar-refractivity contribution >= 4 is 5.91 Å². The summed E-state index contributed by atoms with van der Waals surface area (Å²) in [5.74, 6) is 0.606. The molecule has 23 heavy (non-hydrogen) atoms. The highest BCUT2D eigenvalue weighted by Gasteiger charge is 2.21. The van der Waals surface area contributed by atoms with Gasteiger partial charge >= 0.3 is 0 Å². The Hall–Kier alpha value is -1.35. The Kier molecular flexibility index (Phi) is 9.61. The highest BCUT2D eigenvalue weighted by atomic mass is 16.1. The molecule has 1 aromatic rings. The molecule has 3 nitrogen and oxygen atoms in total. The minimum atomic E-state index is 0.0556. The summed E-state index contributed by atoms with van der Waals surface area (Å²) in [7, 11) is 0. The average Bonchev–Trinajstić information content (AvgIpc) is 2.52. The first-order valence-corrected chi connectivity index (χ1v) is 9.05. The smallest absolute Gasteiger partial charge is 0.223 e. The van der Waals surface area contributed by atoms with Gasteiger partial charge in [0.25, 0.3) is 0 Å². The lowest BCUT2D eigenvalue weighted by Crippen LogP contribution is -2.35. The van der Waals surface area contributed by atoms with Crippen molar-refractivity contribution in [3.63, 3.8) is 0 Å². The van der Waals surface area contributed by atoms with E-state index in [0.29, 0.717) is 12.0 Å². The van der Waals surface area contributed by atoms with E-state index >= 15 is 0 Å². The molecule has 1 aromatic carbocycles. The summed E-state index contributed by atoms with van der Waals surface area (Å²) < 4.78 is 0. The van der Waals surface area contributed by atoms with Gasteiger partial charge in [-0.15, -0.1) is 0 Å². The number of unbranched alkanes of at least 4 members (excludes halogenated alkanes) is 2. The van der Waals surface area contributed by atoms with Crippen molar-refractivity contribution < 1.29 is 4.79 Å². The lowest BCUT2D eigenvalue weighted by molar-refractivity contribution is -0.126. The molecular formula is C20H34N2O. The molecule has 130 valence electrons. The topological polar surface area (TPSA) is 41.1 Å². The largest absolute Gasteiger partial charge is 0.356 e. The quantitative estimate of drug-likeness (QED) is 0.610. The molecule has 0 spiro atoms. The minimum absolute atomic E-state index is 0.0556. The molecule has 1 amide bonds. The van der Waals surface area contributed by atoms with E-state index in [4.69, 9.17) is 0 Å². The summed E-state index contributed by atoms with van der Waals surface area (Å²) in [6, 6.07) is 10.8. The van der Waals surface area contributed by atoms with E-state index in [9.17, 15) is 4.79 Å². The van der Waals surface area contributed by atoms with Gasteiger partial charge in [-0.25, -0.2) is 0 Å². The normalized spacial score (nSPS) is 12.6. The van der Waals surface area contributed by atoms with E-state index in [-0.39, 0.29) is 11.8 Å². The van der Waals surface area contributed by atoms with Crippen LogP contribution in [0.25, 0.3) is 0 Å². The molecule has 0 aromatic heterocycles. The van der Waals surface area contributed by atoms with Crippen LogP contribution in [-0.2, 0) is 11.2 Å². The van der Waals surface area contributed by atoms with Crippen LogP contribution in [0.15, 0.2) is 30.3 Å². The summed E-state index contributed by atoms with van der Waals surface area (Å²) in [5, 5.41) is 6.54. The molecule has 1 rings (SSSR count). The second kappa shape index (κ2) is 11.2. The Morgan fingerprint density at radius 3 is 2.22 bits per heavy atom. The number of hydrogen-bond donors (Lipinski definition) is 2. The molecule has 0 saturated carbocycles. The van der Waals surface area contributed by atoms with Crippen LogP contribution in [0.1, 0.15) is 52.5 Å². The number of carbonyl (C=O) groups is 1. The van der Waals surface area contributed by atoms with E-state index in [1.165, 1.54) is 12.0 Å². The van der Waals surface area contributed by atoms with Crippen LogP contribution in [0.5, 0.6) is 0 Å². The number of hydrogen-bond acceptors (Lipinski definition) is 2. The van der Waals surface area contributed by atoms with Crippen molar-refractivity contribution in [2.75, 3.05) is 13.1 Å². The third-order valence-electron chi connectivity index (χ3n) is 4.15. The fourth-order valence-corrected chi connectivity index (χ4v) is 2.66. The van der Waals surface area contributed by atoms with Gasteiger partial charge < -0.3 is 10.6 Å². The molecule has 3 heteroatoms. The molecule has 0 heterocycles. The predicted molar refractivity (Wildman–Crippen MR) is 98.5 cm³/mol. The highest BCUT2D eigenvalue weighted by molar-refractivity contribution is 5.79. The summed E-state index contributed by atoms with van der Waals surface area (Å²) in [5.41, 5.74) is 1.24. The van der Waals surface area contributed by atoms with Crippen LogP contribution in [0, 0.1) is 11.8 Å². The molecule has 0 aliphatic carbocycles. The van der Waals surface area contributed by atoms with Crippen LogP contribution < -0.4 is 10.6 Å². The number of benzene rings is 1. The Bertz CT molecular complexity index is 429. The average molecular weight is 319 g/mol. The molecule has 0 bridgehead atoms. The molecular weight excluding hydrogens is 284 g/mol. The first-order valence-electron chi connectivity index (χ1n) is 9.05. The number of rotatable bonds is 11. The maximum Gasteiger partial charge on any atom is 0.223 e. The molecule has 1 atom stereocenters.